The van der Waals surface area contributed by atoms with E-state index in [2.05, 4.69) is 24.2 Å². The van der Waals surface area contributed by atoms with E-state index in [0.717, 1.165) is 29.7 Å². The van der Waals surface area contributed by atoms with Crippen molar-refractivity contribution in [2.45, 2.75) is 46.1 Å². The van der Waals surface area contributed by atoms with Crippen LogP contribution in [0.5, 0.6) is 5.75 Å². The Labute approximate surface area is 155 Å². The lowest BCUT2D eigenvalue weighted by Gasteiger charge is -2.26. The Morgan fingerprint density at radius 1 is 1.15 bits per heavy atom. The van der Waals surface area contributed by atoms with E-state index >= 15 is 0 Å². The summed E-state index contributed by atoms with van der Waals surface area (Å²) < 4.78 is 0. The highest BCUT2D eigenvalue weighted by Gasteiger charge is 2.36. The maximum absolute atomic E-state index is 13.1. The number of benzene rings is 2. The first-order chi connectivity index (χ1) is 12.6. The number of hydrogen-bond acceptors (Lipinski definition) is 3. The summed E-state index contributed by atoms with van der Waals surface area (Å²) in [4.78, 5) is 13.1. The van der Waals surface area contributed by atoms with Crippen molar-refractivity contribution in [1.29, 1.82) is 0 Å². The molecule has 2 aromatic rings. The van der Waals surface area contributed by atoms with Crippen molar-refractivity contribution in [3.63, 3.8) is 0 Å². The maximum Gasteiger partial charge on any atom is 0.246 e. The number of nitrogens with zero attached hydrogens (tertiary/aromatic N) is 2. The largest absolute Gasteiger partial charge is 0.507 e. The average Bonchev–Trinajstić information content (AvgIpc) is 3.08. The van der Waals surface area contributed by atoms with Crippen LogP contribution in [0.1, 0.15) is 55.8 Å². The van der Waals surface area contributed by atoms with Crippen molar-refractivity contribution in [3.05, 3.63) is 65.2 Å². The van der Waals surface area contributed by atoms with Gasteiger partial charge in [0.05, 0.1) is 11.8 Å². The van der Waals surface area contributed by atoms with E-state index in [4.69, 9.17) is 0 Å². The Morgan fingerprint density at radius 2 is 1.81 bits per heavy atom. The van der Waals surface area contributed by atoms with E-state index < -0.39 is 0 Å². The smallest absolute Gasteiger partial charge is 0.246 e. The van der Waals surface area contributed by atoms with Crippen molar-refractivity contribution in [2.75, 3.05) is 0 Å². The molecule has 0 aromatic heterocycles. The number of phenols is 1. The molecular formula is C22H26N2O2. The molecule has 26 heavy (non-hydrogen) atoms. The van der Waals surface area contributed by atoms with E-state index in [-0.39, 0.29) is 23.6 Å². The van der Waals surface area contributed by atoms with Gasteiger partial charge in [-0.1, -0.05) is 50.2 Å². The molecule has 136 valence electrons. The lowest BCUT2D eigenvalue weighted by atomic mass is 9.94. The van der Waals surface area contributed by atoms with Crippen molar-refractivity contribution >= 4 is 11.6 Å². The fourth-order valence-corrected chi connectivity index (χ4v) is 3.62. The van der Waals surface area contributed by atoms with Gasteiger partial charge in [0.15, 0.2) is 0 Å². The predicted molar refractivity (Wildman–Crippen MR) is 104 cm³/mol. The molecule has 1 aliphatic heterocycles. The molecular weight excluding hydrogens is 324 g/mol. The summed E-state index contributed by atoms with van der Waals surface area (Å²) in [6, 6.07) is 15.2. The minimum Gasteiger partial charge on any atom is -0.507 e. The van der Waals surface area contributed by atoms with E-state index in [0.29, 0.717) is 12.0 Å². The number of para-hydroxylation sites is 1. The van der Waals surface area contributed by atoms with Gasteiger partial charge in [0, 0.05) is 17.9 Å². The standard InChI is InChI=1S/C22H26N2O2/c1-4-16(5-2)22(26)24-20(17-11-7-6-10-15(17)3)14-19(23-24)18-12-8-9-13-21(18)25/h6-13,16,20,25H,4-5,14H2,1-3H3. The molecule has 0 aliphatic carbocycles. The molecule has 1 N–H and O–H groups in total. The van der Waals surface area contributed by atoms with Gasteiger partial charge in [-0.05, 0) is 43.0 Å². The number of aromatic hydroxyl groups is 1. The summed E-state index contributed by atoms with van der Waals surface area (Å²) in [5.41, 5.74) is 3.72. The third-order valence-electron chi connectivity index (χ3n) is 5.23. The second kappa shape index (κ2) is 7.73. The van der Waals surface area contributed by atoms with Gasteiger partial charge in [0.2, 0.25) is 5.91 Å². The Bertz CT molecular complexity index is 824. The number of aryl methyl sites for hydroxylation is 1. The summed E-state index contributed by atoms with van der Waals surface area (Å²) in [6.45, 7) is 6.14. The van der Waals surface area contributed by atoms with Crippen LogP contribution in [0.15, 0.2) is 53.6 Å². The summed E-state index contributed by atoms with van der Waals surface area (Å²) in [6.07, 6.45) is 2.20. The van der Waals surface area contributed by atoms with Crippen LogP contribution in [0.4, 0.5) is 0 Å². The van der Waals surface area contributed by atoms with Crippen LogP contribution >= 0.6 is 0 Å². The van der Waals surface area contributed by atoms with Crippen LogP contribution in [0.25, 0.3) is 0 Å². The molecule has 1 atom stereocenters. The van der Waals surface area contributed by atoms with Crippen molar-refractivity contribution in [3.8, 4) is 5.75 Å². The maximum atomic E-state index is 13.1. The molecule has 1 aliphatic rings. The van der Waals surface area contributed by atoms with Gasteiger partial charge in [0.25, 0.3) is 0 Å². The molecule has 3 rings (SSSR count). The fraction of sp³-hybridized carbons (Fsp3) is 0.364. The predicted octanol–water partition coefficient (Wildman–Crippen LogP) is 4.81. The number of hydrazone groups is 1. The lowest BCUT2D eigenvalue weighted by Crippen LogP contribution is -2.32. The van der Waals surface area contributed by atoms with Gasteiger partial charge in [-0.2, -0.15) is 5.10 Å². The Morgan fingerprint density at radius 3 is 2.46 bits per heavy atom. The highest BCUT2D eigenvalue weighted by Crippen LogP contribution is 2.37. The zero-order valence-electron chi connectivity index (χ0n) is 15.6. The number of hydrogen-bond donors (Lipinski definition) is 1. The molecule has 1 heterocycles. The molecule has 4 nitrogen and oxygen atoms in total. The summed E-state index contributed by atoms with van der Waals surface area (Å²) in [7, 11) is 0. The van der Waals surface area contributed by atoms with Crippen molar-refractivity contribution in [2.24, 2.45) is 11.0 Å². The molecule has 0 spiro atoms. The van der Waals surface area contributed by atoms with Crippen LogP contribution in [-0.4, -0.2) is 21.7 Å². The molecule has 0 radical (unpaired) electrons. The zero-order valence-corrected chi connectivity index (χ0v) is 15.6. The SMILES string of the molecule is CCC(CC)C(=O)N1N=C(c2ccccc2O)CC1c1ccccc1C. The van der Waals surface area contributed by atoms with Crippen LogP contribution in [0.2, 0.25) is 0 Å². The van der Waals surface area contributed by atoms with Gasteiger partial charge < -0.3 is 5.11 Å². The van der Waals surface area contributed by atoms with Gasteiger partial charge in [-0.3, -0.25) is 4.79 Å². The normalized spacial score (nSPS) is 16.8. The minimum absolute atomic E-state index is 0.0333. The number of rotatable bonds is 5. The summed E-state index contributed by atoms with van der Waals surface area (Å²) in [5.74, 6) is 0.231. The van der Waals surface area contributed by atoms with E-state index in [1.807, 2.05) is 38.1 Å². The van der Waals surface area contributed by atoms with Gasteiger partial charge in [-0.25, -0.2) is 5.01 Å². The highest BCUT2D eigenvalue weighted by atomic mass is 16.3. The van der Waals surface area contributed by atoms with Crippen LogP contribution < -0.4 is 0 Å². The summed E-state index contributed by atoms with van der Waals surface area (Å²) >= 11 is 0. The molecule has 0 bridgehead atoms. The lowest BCUT2D eigenvalue weighted by molar-refractivity contribution is -0.137. The van der Waals surface area contributed by atoms with Gasteiger partial charge in [0.1, 0.15) is 5.75 Å². The van der Waals surface area contributed by atoms with Crippen LogP contribution in [-0.2, 0) is 4.79 Å². The fourth-order valence-electron chi connectivity index (χ4n) is 3.62. The van der Waals surface area contributed by atoms with Gasteiger partial charge >= 0.3 is 0 Å². The molecule has 4 heteroatoms. The second-order valence-corrected chi connectivity index (χ2v) is 6.84. The van der Waals surface area contributed by atoms with Crippen molar-refractivity contribution < 1.29 is 9.90 Å². The number of carbonyl (C=O) groups excluding carboxylic acids is 1. The topological polar surface area (TPSA) is 52.9 Å². The monoisotopic (exact) mass is 350 g/mol. The Kier molecular flexibility index (Phi) is 5.40. The van der Waals surface area contributed by atoms with E-state index in [9.17, 15) is 9.90 Å². The van der Waals surface area contributed by atoms with Crippen LogP contribution in [0.3, 0.4) is 0 Å². The van der Waals surface area contributed by atoms with Crippen LogP contribution in [0, 0.1) is 12.8 Å². The third kappa shape index (κ3) is 3.36. The number of amides is 1. The minimum atomic E-state index is -0.126. The molecule has 0 saturated carbocycles. The van der Waals surface area contributed by atoms with E-state index in [1.165, 1.54) is 0 Å². The van der Waals surface area contributed by atoms with Crippen molar-refractivity contribution in [1.82, 2.24) is 5.01 Å². The average molecular weight is 350 g/mol. The number of phenolic OH excluding ortho intramolecular Hbond substituents is 1. The molecule has 0 fully saturated rings. The first-order valence-electron chi connectivity index (χ1n) is 9.31. The molecule has 2 aromatic carbocycles. The first kappa shape index (κ1) is 18.2. The Hall–Kier alpha value is -2.62. The first-order valence-corrected chi connectivity index (χ1v) is 9.31. The van der Waals surface area contributed by atoms with E-state index in [1.54, 1.807) is 17.1 Å². The van der Waals surface area contributed by atoms with Gasteiger partial charge in [-0.15, -0.1) is 0 Å². The molecule has 1 unspecified atom stereocenters. The molecule has 1 amide bonds. The zero-order chi connectivity index (χ0) is 18.7. The second-order valence-electron chi connectivity index (χ2n) is 6.84. The summed E-state index contributed by atoms with van der Waals surface area (Å²) in [5, 5.41) is 16.6. The number of carbonyl (C=O) groups is 1. The Balaban J connectivity index is 2.03. The quantitative estimate of drug-likeness (QED) is 0.841. The third-order valence-corrected chi connectivity index (χ3v) is 5.23. The highest BCUT2D eigenvalue weighted by molar-refractivity contribution is 6.05. The molecule has 0 saturated heterocycles.